The zero-order valence-electron chi connectivity index (χ0n) is 20.1. The molecule has 4 fully saturated rings. The standard InChI is InChI=1S/C26H38N4O4/c1-17(9-18-4-6-22(7-5-18)33-8-2-3-23(31)30-24(27)28)29-25(32)34-16-26-13-19-10-20(14-26)12-21(11-19)15-26/h4-7,17,19-21H,2-3,8-16H2,1H3,(H,29,32)(H4,27,28,30,31)/t17-,19?,20?,21?,26?/m1/s1. The number of aliphatic imine (C=N–C) groups is 1. The largest absolute Gasteiger partial charge is 0.494 e. The zero-order valence-corrected chi connectivity index (χ0v) is 20.1. The summed E-state index contributed by atoms with van der Waals surface area (Å²) in [6.07, 6.45) is 9.07. The number of nitrogens with one attached hydrogen (secondary N) is 1. The van der Waals surface area contributed by atoms with Gasteiger partial charge in [-0.15, -0.1) is 0 Å². The van der Waals surface area contributed by atoms with Crippen LogP contribution in [0.3, 0.4) is 0 Å². The molecule has 1 atom stereocenters. The fraction of sp³-hybridized carbons (Fsp3) is 0.654. The highest BCUT2D eigenvalue weighted by Crippen LogP contribution is 2.60. The summed E-state index contributed by atoms with van der Waals surface area (Å²) in [5.74, 6) is 2.73. The first kappa shape index (κ1) is 24.4. The molecule has 0 aliphatic heterocycles. The molecule has 34 heavy (non-hydrogen) atoms. The number of nitrogens with zero attached hydrogens (tertiary/aromatic N) is 1. The van der Waals surface area contributed by atoms with Crippen molar-refractivity contribution in [3.8, 4) is 5.75 Å². The molecule has 8 heteroatoms. The second kappa shape index (κ2) is 10.7. The fourth-order valence-electron chi connectivity index (χ4n) is 6.67. The van der Waals surface area contributed by atoms with E-state index < -0.39 is 0 Å². The van der Waals surface area contributed by atoms with Crippen molar-refractivity contribution in [3.63, 3.8) is 0 Å². The van der Waals surface area contributed by atoms with Gasteiger partial charge in [-0.2, -0.15) is 4.99 Å². The second-order valence-corrected chi connectivity index (χ2v) is 10.8. The Morgan fingerprint density at radius 1 is 1.09 bits per heavy atom. The number of carbonyl (C=O) groups excluding carboxylic acids is 2. The van der Waals surface area contributed by atoms with Crippen molar-refractivity contribution in [1.29, 1.82) is 0 Å². The number of hydrogen-bond donors (Lipinski definition) is 3. The first-order valence-electron chi connectivity index (χ1n) is 12.6. The summed E-state index contributed by atoms with van der Waals surface area (Å²) >= 11 is 0. The third kappa shape index (κ3) is 6.64. The van der Waals surface area contributed by atoms with Gasteiger partial charge in [0.25, 0.3) is 0 Å². The van der Waals surface area contributed by atoms with Crippen LogP contribution in [0.1, 0.15) is 63.9 Å². The van der Waals surface area contributed by atoms with Crippen molar-refractivity contribution in [2.24, 2.45) is 39.6 Å². The van der Waals surface area contributed by atoms with Gasteiger partial charge < -0.3 is 26.3 Å². The molecule has 0 radical (unpaired) electrons. The molecule has 0 heterocycles. The number of nitrogens with two attached hydrogens (primary N) is 2. The molecular weight excluding hydrogens is 432 g/mol. The first-order valence-corrected chi connectivity index (χ1v) is 12.6. The number of benzene rings is 1. The molecule has 5 rings (SSSR count). The van der Waals surface area contributed by atoms with Crippen molar-refractivity contribution in [2.45, 2.75) is 70.8 Å². The van der Waals surface area contributed by atoms with Crippen LogP contribution in [-0.2, 0) is 16.0 Å². The molecule has 186 valence electrons. The number of carbonyl (C=O) groups is 2. The predicted octanol–water partition coefficient (Wildman–Crippen LogP) is 3.52. The van der Waals surface area contributed by atoms with Crippen LogP contribution < -0.4 is 21.5 Å². The Balaban J connectivity index is 1.14. The number of guanidine groups is 1. The Bertz CT molecular complexity index is 859. The van der Waals surface area contributed by atoms with Crippen LogP contribution in [0.4, 0.5) is 4.79 Å². The van der Waals surface area contributed by atoms with Crippen LogP contribution in [0.2, 0.25) is 0 Å². The Hall–Kier alpha value is -2.77. The molecule has 4 aliphatic carbocycles. The van der Waals surface area contributed by atoms with Gasteiger partial charge >= 0.3 is 6.09 Å². The molecule has 4 aliphatic rings. The van der Waals surface area contributed by atoms with E-state index in [0.717, 1.165) is 29.1 Å². The first-order chi connectivity index (χ1) is 16.3. The third-order valence-electron chi connectivity index (χ3n) is 7.56. The van der Waals surface area contributed by atoms with Gasteiger partial charge in [-0.3, -0.25) is 4.79 Å². The van der Waals surface area contributed by atoms with Crippen molar-refractivity contribution >= 4 is 18.0 Å². The van der Waals surface area contributed by atoms with E-state index in [2.05, 4.69) is 10.3 Å². The third-order valence-corrected chi connectivity index (χ3v) is 7.56. The van der Waals surface area contributed by atoms with Crippen molar-refractivity contribution in [1.82, 2.24) is 5.32 Å². The summed E-state index contributed by atoms with van der Waals surface area (Å²) < 4.78 is 11.4. The maximum Gasteiger partial charge on any atom is 0.407 e. The molecule has 1 aromatic rings. The van der Waals surface area contributed by atoms with Crippen LogP contribution in [0.5, 0.6) is 5.75 Å². The Morgan fingerprint density at radius 3 is 2.29 bits per heavy atom. The molecule has 0 unspecified atom stereocenters. The van der Waals surface area contributed by atoms with E-state index in [1.165, 1.54) is 38.5 Å². The van der Waals surface area contributed by atoms with Crippen LogP contribution >= 0.6 is 0 Å². The topological polar surface area (TPSA) is 129 Å². The highest BCUT2D eigenvalue weighted by molar-refractivity contribution is 5.91. The van der Waals surface area contributed by atoms with Gasteiger partial charge in [-0.05, 0) is 93.7 Å². The molecule has 8 nitrogen and oxygen atoms in total. The van der Waals surface area contributed by atoms with Gasteiger partial charge in [0.2, 0.25) is 5.91 Å². The van der Waals surface area contributed by atoms with E-state index in [0.29, 0.717) is 26.1 Å². The highest BCUT2D eigenvalue weighted by atomic mass is 16.5. The van der Waals surface area contributed by atoms with Crippen molar-refractivity contribution in [3.05, 3.63) is 29.8 Å². The molecule has 4 bridgehead atoms. The monoisotopic (exact) mass is 470 g/mol. The maximum absolute atomic E-state index is 12.4. The molecule has 0 spiro atoms. The van der Waals surface area contributed by atoms with Gasteiger partial charge in [0.05, 0.1) is 13.2 Å². The summed E-state index contributed by atoms with van der Waals surface area (Å²) in [4.78, 5) is 27.3. The van der Waals surface area contributed by atoms with Gasteiger partial charge in [-0.1, -0.05) is 12.1 Å². The molecule has 0 aromatic heterocycles. The molecule has 0 saturated heterocycles. The Labute approximate surface area is 201 Å². The van der Waals surface area contributed by atoms with Gasteiger partial charge in [0, 0.05) is 17.9 Å². The highest BCUT2D eigenvalue weighted by Gasteiger charge is 2.51. The fourth-order valence-corrected chi connectivity index (χ4v) is 6.67. The number of ether oxygens (including phenoxy) is 2. The maximum atomic E-state index is 12.4. The summed E-state index contributed by atoms with van der Waals surface area (Å²) in [5.41, 5.74) is 11.7. The van der Waals surface area contributed by atoms with E-state index in [-0.39, 0.29) is 35.8 Å². The lowest BCUT2D eigenvalue weighted by Gasteiger charge is -2.56. The van der Waals surface area contributed by atoms with Crippen molar-refractivity contribution < 1.29 is 19.1 Å². The SMILES string of the molecule is C[C@H](Cc1ccc(OCCCC(=O)N=C(N)N)cc1)NC(=O)OCC12CC3CC(CC(C3)C1)C2. The second-order valence-electron chi connectivity index (χ2n) is 10.8. The normalized spacial score (nSPS) is 27.6. The zero-order chi connectivity index (χ0) is 24.1. The minimum Gasteiger partial charge on any atom is -0.494 e. The molecule has 4 saturated carbocycles. The van der Waals surface area contributed by atoms with Crippen LogP contribution in [-0.4, -0.2) is 37.2 Å². The lowest BCUT2D eigenvalue weighted by molar-refractivity contribution is -0.118. The molecular formula is C26H38N4O4. The number of rotatable bonds is 10. The van der Waals surface area contributed by atoms with E-state index in [4.69, 9.17) is 20.9 Å². The van der Waals surface area contributed by atoms with E-state index in [1.54, 1.807) is 0 Å². The molecule has 5 N–H and O–H groups in total. The van der Waals surface area contributed by atoms with Crippen LogP contribution in [0, 0.1) is 23.2 Å². The minimum atomic E-state index is -0.350. The predicted molar refractivity (Wildman–Crippen MR) is 130 cm³/mol. The van der Waals surface area contributed by atoms with E-state index >= 15 is 0 Å². The number of alkyl carbamates (subject to hydrolysis) is 1. The van der Waals surface area contributed by atoms with Gasteiger partial charge in [0.15, 0.2) is 5.96 Å². The van der Waals surface area contributed by atoms with Gasteiger partial charge in [-0.25, -0.2) is 4.79 Å². The number of hydrogen-bond acceptors (Lipinski definition) is 4. The average molecular weight is 471 g/mol. The average Bonchev–Trinajstić information content (AvgIpc) is 2.75. The molecule has 2 amide bonds. The molecule has 1 aromatic carbocycles. The van der Waals surface area contributed by atoms with E-state index in [1.807, 2.05) is 31.2 Å². The Kier molecular flexibility index (Phi) is 7.63. The summed E-state index contributed by atoms with van der Waals surface area (Å²) in [7, 11) is 0. The number of amides is 2. The quantitative estimate of drug-likeness (QED) is 0.273. The Morgan fingerprint density at radius 2 is 1.71 bits per heavy atom. The lowest BCUT2D eigenvalue weighted by Crippen LogP contribution is -2.49. The summed E-state index contributed by atoms with van der Waals surface area (Å²) in [6, 6.07) is 7.73. The summed E-state index contributed by atoms with van der Waals surface area (Å²) in [5, 5.41) is 2.99. The lowest BCUT2D eigenvalue weighted by atomic mass is 9.50. The van der Waals surface area contributed by atoms with E-state index in [9.17, 15) is 9.59 Å². The van der Waals surface area contributed by atoms with Crippen LogP contribution in [0.25, 0.3) is 0 Å². The van der Waals surface area contributed by atoms with Crippen molar-refractivity contribution in [2.75, 3.05) is 13.2 Å². The van der Waals surface area contributed by atoms with Crippen LogP contribution in [0.15, 0.2) is 29.3 Å². The smallest absolute Gasteiger partial charge is 0.407 e. The minimum absolute atomic E-state index is 0.0304. The van der Waals surface area contributed by atoms with Gasteiger partial charge in [0.1, 0.15) is 5.75 Å². The summed E-state index contributed by atoms with van der Waals surface area (Å²) in [6.45, 7) is 2.96.